The Kier molecular flexibility index (Phi) is 20.1. The fraction of sp³-hybridized carbons (Fsp3) is 1.00. The summed E-state index contributed by atoms with van der Waals surface area (Å²) in [6.45, 7) is 3.39. The third-order valence-electron chi connectivity index (χ3n) is 3.75. The van der Waals surface area contributed by atoms with E-state index >= 15 is 0 Å². The van der Waals surface area contributed by atoms with Crippen LogP contribution in [0.3, 0.4) is 0 Å². The van der Waals surface area contributed by atoms with E-state index in [1.807, 2.05) is 0 Å². The van der Waals surface area contributed by atoms with Crippen molar-refractivity contribution in [2.45, 2.75) is 63.9 Å². The molecule has 0 aromatic heterocycles. The van der Waals surface area contributed by atoms with Gasteiger partial charge < -0.3 is 18.9 Å². The summed E-state index contributed by atoms with van der Waals surface area (Å²) in [6.07, 6.45) is 7.37. The predicted octanol–water partition coefficient (Wildman–Crippen LogP) is 5.78. The summed E-state index contributed by atoms with van der Waals surface area (Å²) in [5.74, 6) is -0.0435. The minimum absolute atomic E-state index is 0.267. The van der Waals surface area contributed by atoms with Gasteiger partial charge in [0.05, 0.1) is 26.4 Å². The van der Waals surface area contributed by atoms with Crippen molar-refractivity contribution in [3.05, 3.63) is 0 Å². The van der Waals surface area contributed by atoms with E-state index in [0.717, 1.165) is 19.3 Å². The van der Waals surface area contributed by atoms with Crippen LogP contribution < -0.4 is 0 Å². The zero-order chi connectivity index (χ0) is 19.5. The summed E-state index contributed by atoms with van der Waals surface area (Å²) < 4.78 is 23.6. The highest BCUT2D eigenvalue weighted by molar-refractivity contribution is 6.18. The van der Waals surface area contributed by atoms with Gasteiger partial charge in [-0.15, -0.1) is 46.4 Å². The molecule has 4 nitrogen and oxygen atoms in total. The van der Waals surface area contributed by atoms with E-state index in [9.17, 15) is 0 Å². The number of unbranched alkanes of at least 4 members (excludes halogenated alkanes) is 5. The third kappa shape index (κ3) is 12.5. The number of ether oxygens (including phenoxy) is 4. The molecule has 8 heteroatoms. The van der Waals surface area contributed by atoms with Crippen molar-refractivity contribution >= 4 is 46.4 Å². The minimum atomic E-state index is -1.37. The molecular weight excluding hydrogens is 422 g/mol. The van der Waals surface area contributed by atoms with E-state index in [-0.39, 0.29) is 19.8 Å². The fourth-order valence-corrected chi connectivity index (χ4v) is 2.93. The summed E-state index contributed by atoms with van der Waals surface area (Å²) >= 11 is 23.2. The number of hydrogen-bond donors (Lipinski definition) is 0. The molecule has 0 saturated heterocycles. The van der Waals surface area contributed by atoms with E-state index in [0.29, 0.717) is 30.1 Å². The SMILES string of the molecule is CCCCCCCCC(OCCCl)C(OCCCl)(OCCCl)OCCCl. The maximum absolute atomic E-state index is 5.94. The molecule has 0 rings (SSSR count). The molecule has 1 unspecified atom stereocenters. The molecule has 158 valence electrons. The van der Waals surface area contributed by atoms with Crippen molar-refractivity contribution in [2.75, 3.05) is 49.9 Å². The quantitative estimate of drug-likeness (QED) is 0.132. The van der Waals surface area contributed by atoms with Crippen LogP contribution >= 0.6 is 46.4 Å². The molecule has 0 saturated carbocycles. The van der Waals surface area contributed by atoms with Crippen molar-refractivity contribution < 1.29 is 18.9 Å². The standard InChI is InChI=1S/C18H34Cl4O4/c1-2-3-4-5-6-7-8-17(23-13-9-19)18(24-14-10-20,25-15-11-21)26-16-12-22/h17H,2-16H2,1H3. The molecule has 0 N–H and O–H groups in total. The molecule has 0 aromatic carbocycles. The zero-order valence-electron chi connectivity index (χ0n) is 15.8. The van der Waals surface area contributed by atoms with Crippen LogP contribution in [0, 0.1) is 0 Å². The summed E-state index contributed by atoms with van der Waals surface area (Å²) in [5, 5.41) is 0. The van der Waals surface area contributed by atoms with Gasteiger partial charge in [-0.3, -0.25) is 0 Å². The van der Waals surface area contributed by atoms with Crippen LogP contribution in [0.1, 0.15) is 51.9 Å². The first-order valence-corrected chi connectivity index (χ1v) is 11.6. The normalized spacial score (nSPS) is 13.3. The van der Waals surface area contributed by atoms with E-state index in [2.05, 4.69) is 6.92 Å². The fourth-order valence-electron chi connectivity index (χ4n) is 2.61. The average molecular weight is 456 g/mol. The lowest BCUT2D eigenvalue weighted by molar-refractivity contribution is -0.414. The van der Waals surface area contributed by atoms with Crippen LogP contribution in [-0.2, 0) is 18.9 Å². The molecule has 0 heterocycles. The lowest BCUT2D eigenvalue weighted by Crippen LogP contribution is -2.52. The predicted molar refractivity (Wildman–Crippen MR) is 111 cm³/mol. The summed E-state index contributed by atoms with van der Waals surface area (Å²) in [7, 11) is 0. The molecule has 0 spiro atoms. The molecule has 26 heavy (non-hydrogen) atoms. The number of hydrogen-bond acceptors (Lipinski definition) is 4. The smallest absolute Gasteiger partial charge is 0.310 e. The summed E-state index contributed by atoms with van der Waals surface area (Å²) in [5.41, 5.74) is 0. The molecule has 0 radical (unpaired) electrons. The molecule has 0 bridgehead atoms. The number of rotatable bonds is 20. The Labute approximate surface area is 179 Å². The van der Waals surface area contributed by atoms with Crippen LogP contribution in [0.15, 0.2) is 0 Å². The first-order chi connectivity index (χ1) is 12.7. The molecule has 1 atom stereocenters. The van der Waals surface area contributed by atoms with Crippen LogP contribution in [0.2, 0.25) is 0 Å². The second kappa shape index (κ2) is 19.3. The Balaban J connectivity index is 4.98. The molecule has 0 amide bonds. The maximum Gasteiger partial charge on any atom is 0.310 e. The Hall–Kier alpha value is 1.00. The van der Waals surface area contributed by atoms with Gasteiger partial charge in [0, 0.05) is 23.5 Å². The molecular formula is C18H34Cl4O4. The monoisotopic (exact) mass is 454 g/mol. The van der Waals surface area contributed by atoms with Gasteiger partial charge in [0.15, 0.2) is 0 Å². The van der Waals surface area contributed by atoms with Gasteiger partial charge in [0.2, 0.25) is 0 Å². The maximum atomic E-state index is 5.94. The summed E-state index contributed by atoms with van der Waals surface area (Å²) in [4.78, 5) is 0. The van der Waals surface area contributed by atoms with Gasteiger partial charge in [-0.25, -0.2) is 0 Å². The molecule has 0 aromatic rings. The topological polar surface area (TPSA) is 36.9 Å². The third-order valence-corrected chi connectivity index (χ3v) is 4.37. The van der Waals surface area contributed by atoms with Crippen molar-refractivity contribution in [3.8, 4) is 0 Å². The highest BCUT2D eigenvalue weighted by atomic mass is 35.5. The molecule has 0 aliphatic carbocycles. The first kappa shape index (κ1) is 27.0. The average Bonchev–Trinajstić information content (AvgIpc) is 2.67. The molecule has 0 aliphatic heterocycles. The van der Waals surface area contributed by atoms with Crippen LogP contribution in [-0.4, -0.2) is 62.0 Å². The van der Waals surface area contributed by atoms with Gasteiger partial charge in [-0.05, 0) is 6.42 Å². The first-order valence-electron chi connectivity index (χ1n) is 9.48. The highest BCUT2D eigenvalue weighted by Gasteiger charge is 2.43. The lowest BCUT2D eigenvalue weighted by Gasteiger charge is -2.39. The van der Waals surface area contributed by atoms with Crippen LogP contribution in [0.5, 0.6) is 0 Å². The van der Waals surface area contributed by atoms with Crippen molar-refractivity contribution in [1.82, 2.24) is 0 Å². The van der Waals surface area contributed by atoms with E-state index in [1.54, 1.807) is 0 Å². The second-order valence-electron chi connectivity index (χ2n) is 5.82. The van der Waals surface area contributed by atoms with Gasteiger partial charge in [-0.1, -0.05) is 45.4 Å². The molecule has 0 fully saturated rings. The van der Waals surface area contributed by atoms with Crippen molar-refractivity contribution in [3.63, 3.8) is 0 Å². The van der Waals surface area contributed by atoms with E-state index < -0.39 is 12.1 Å². The zero-order valence-corrected chi connectivity index (χ0v) is 18.9. The van der Waals surface area contributed by atoms with Gasteiger partial charge in [0.1, 0.15) is 6.10 Å². The van der Waals surface area contributed by atoms with Crippen LogP contribution in [0.4, 0.5) is 0 Å². The van der Waals surface area contributed by atoms with Crippen molar-refractivity contribution in [2.24, 2.45) is 0 Å². The Bertz CT molecular complexity index is 277. The lowest BCUT2D eigenvalue weighted by atomic mass is 10.1. The Morgan fingerprint density at radius 1 is 0.654 bits per heavy atom. The second-order valence-corrected chi connectivity index (χ2v) is 7.33. The summed E-state index contributed by atoms with van der Waals surface area (Å²) in [6, 6.07) is 0. The highest BCUT2D eigenvalue weighted by Crippen LogP contribution is 2.28. The largest absolute Gasteiger partial charge is 0.369 e. The van der Waals surface area contributed by atoms with Gasteiger partial charge in [-0.2, -0.15) is 0 Å². The number of alkyl halides is 4. The Morgan fingerprint density at radius 2 is 1.12 bits per heavy atom. The van der Waals surface area contributed by atoms with Crippen molar-refractivity contribution in [1.29, 1.82) is 0 Å². The number of halogens is 4. The van der Waals surface area contributed by atoms with E-state index in [4.69, 9.17) is 65.4 Å². The van der Waals surface area contributed by atoms with Gasteiger partial charge in [0.25, 0.3) is 0 Å². The van der Waals surface area contributed by atoms with Gasteiger partial charge >= 0.3 is 5.97 Å². The minimum Gasteiger partial charge on any atom is -0.369 e. The van der Waals surface area contributed by atoms with Crippen LogP contribution in [0.25, 0.3) is 0 Å². The van der Waals surface area contributed by atoms with E-state index in [1.165, 1.54) is 25.7 Å². The molecule has 0 aliphatic rings. The Morgan fingerprint density at radius 3 is 1.58 bits per heavy atom.